The van der Waals surface area contributed by atoms with Crippen molar-refractivity contribution in [3.8, 4) is 56.3 Å². The molecule has 0 atom stereocenters. The maximum absolute atomic E-state index is 8.78. The van der Waals surface area contributed by atoms with Gasteiger partial charge >= 0.3 is 0 Å². The standard InChI is InChI=1S/C28H38N.C27H34N.C26H32N.C26H34N.C25H32N/c1-18(2)20-11-12-23-21(15-20)13-14-29(10)26(23)24-16-22(27(4,5)6)17-25(19(24)3)28(7,8)9;1-17(2)22-11-12-25-24(15-22)14-19(4)28(6)27(25)26-16-23(13-18(3)20(26)5)21-9-7-8-10-21;1-17(2)21-12-13-24-23(15-21)14-19(4)27(5)26(24)25-16-22(11-10-18(25)3)20-8-6-7-9-20;1-16(2)20-10-11-23-21(14-20)13-18(4)27(9)25(23)24-15-22(26(6,7)8)12-17(3)19(24)5;1-16(2)19-10-12-22-20(14-19)13-18(4)26(8)24(22)23-15-21(25(5,6)7)11-9-17(23)3/h11-18H,1-10H3;11-17,21H,7-10H2,1-6H3;10-17,20H,6-9H2,1-5H3;10-16H,1-9H3;9-16H,1-8H3/q5*+1/i13D,14D;2*14D;2*13D. The lowest BCUT2D eigenvalue weighted by molar-refractivity contribution is -0.665. The molecule has 17 rings (SSSR count). The molecule has 0 spiro atoms. The van der Waals surface area contributed by atoms with Crippen LogP contribution in [0.2, 0.25) is 0 Å². The zero-order valence-electron chi connectivity index (χ0n) is 97.5. The first-order chi connectivity index (χ1) is 66.8. The Bertz CT molecular complexity index is 7420. The minimum atomic E-state index is 0.0123. The molecule has 15 aromatic rings. The summed E-state index contributed by atoms with van der Waals surface area (Å²) >= 11 is 0. The van der Waals surface area contributed by atoms with Gasteiger partial charge in [0.2, 0.25) is 28.5 Å². The van der Waals surface area contributed by atoms with Crippen LogP contribution in [0.5, 0.6) is 0 Å². The highest BCUT2D eigenvalue weighted by Crippen LogP contribution is 2.46. The summed E-state index contributed by atoms with van der Waals surface area (Å²) in [6.07, 6.45) is 10.9. The molecule has 5 aromatic heterocycles. The second kappa shape index (κ2) is 41.3. The minimum Gasteiger partial charge on any atom is -0.200 e. The first-order valence-corrected chi connectivity index (χ1v) is 51.5. The highest BCUT2D eigenvalue weighted by molar-refractivity contribution is 5.99. The van der Waals surface area contributed by atoms with Gasteiger partial charge in [0, 0.05) is 63.5 Å². The molecule has 5 heterocycles. The second-order valence-corrected chi connectivity index (χ2v) is 46.7. The smallest absolute Gasteiger partial charge is 0.200 e. The number of hydrogen-bond acceptors (Lipinski definition) is 0. The predicted octanol–water partition coefficient (Wildman–Crippen LogP) is 34.2. The molecule has 0 N–H and O–H groups in total. The Kier molecular flexibility index (Phi) is 28.7. The van der Waals surface area contributed by atoms with Crippen LogP contribution in [0, 0.1) is 76.2 Å². The van der Waals surface area contributed by atoms with Crippen molar-refractivity contribution in [3.63, 3.8) is 0 Å². The Morgan fingerprint density at radius 3 is 0.920 bits per heavy atom. The van der Waals surface area contributed by atoms with Crippen LogP contribution in [-0.4, -0.2) is 0 Å². The Morgan fingerprint density at radius 2 is 0.562 bits per heavy atom. The second-order valence-electron chi connectivity index (χ2n) is 46.7. The molecule has 0 bridgehead atoms. The van der Waals surface area contributed by atoms with E-state index in [9.17, 15) is 0 Å². The lowest BCUT2D eigenvalue weighted by Gasteiger charge is -2.28. The quantitative estimate of drug-likeness (QED) is 0.109. The van der Waals surface area contributed by atoms with Crippen molar-refractivity contribution >= 4 is 53.9 Å². The number of hydrogen-bond donors (Lipinski definition) is 0. The SMILES string of the molecule is [2H]c1c(C)[n+](C)c(-c2cc(C(C)(C)C)cc(C)c2C)c2ccc(C(C)C)cc12.[2H]c1c(C)[n+](C)c(-c2cc(C(C)(C)C)ccc2C)c2ccc(C(C)C)cc12.[2H]c1c(C)[n+](C)c(-c2cc(C3CCCC3)cc(C)c2C)c2ccc(C(C)C)cc12.[2H]c1c(C)[n+](C)c(-c2cc(C3CCCC3)ccc2C)c2ccc(C(C)C)cc12.[2H]c1c([2H])[n+](C)c(-c2cc(C(C)(C)C)cc(C(C)(C)C)c2C)c2ccc(C(C)C)cc12. The molecule has 0 amide bonds. The number of aromatic nitrogens is 5. The van der Waals surface area contributed by atoms with Crippen LogP contribution in [0.1, 0.15) is 376 Å². The molecule has 10 aromatic carbocycles. The van der Waals surface area contributed by atoms with Crippen molar-refractivity contribution in [2.75, 3.05) is 0 Å². The van der Waals surface area contributed by atoms with E-state index in [1.165, 1.54) is 207 Å². The zero-order chi connectivity index (χ0) is 105. The first kappa shape index (κ1) is 95.2. The van der Waals surface area contributed by atoms with Crippen LogP contribution in [0.3, 0.4) is 0 Å². The van der Waals surface area contributed by atoms with Crippen molar-refractivity contribution in [1.82, 2.24) is 0 Å². The van der Waals surface area contributed by atoms with E-state index in [0.29, 0.717) is 71.6 Å². The van der Waals surface area contributed by atoms with E-state index >= 15 is 0 Å². The summed E-state index contributed by atoms with van der Waals surface area (Å²) in [6.45, 7) is 73.0. The van der Waals surface area contributed by atoms with Gasteiger partial charge in [-0.1, -0.05) is 281 Å². The summed E-state index contributed by atoms with van der Waals surface area (Å²) in [6, 6.07) is 64.1. The molecule has 718 valence electrons. The molecule has 2 saturated carbocycles. The summed E-state index contributed by atoms with van der Waals surface area (Å²) in [5.74, 6) is 3.63. The van der Waals surface area contributed by atoms with Gasteiger partial charge in [-0.2, -0.15) is 18.3 Å². The third-order valence-corrected chi connectivity index (χ3v) is 30.7. The fourth-order valence-electron chi connectivity index (χ4n) is 20.8. The number of benzene rings is 10. The summed E-state index contributed by atoms with van der Waals surface area (Å²) < 4.78 is 63.0. The molecule has 0 radical (unpaired) electrons. The van der Waals surface area contributed by atoms with Crippen LogP contribution in [-0.2, 0) is 56.9 Å². The topological polar surface area (TPSA) is 19.4 Å². The fraction of sp³-hybridized carbons (Fsp3) is 0.432. The largest absolute Gasteiger partial charge is 0.220 e. The summed E-state index contributed by atoms with van der Waals surface area (Å²) in [7, 11) is 10.3. The van der Waals surface area contributed by atoms with Gasteiger partial charge < -0.3 is 0 Å². The molecule has 137 heavy (non-hydrogen) atoms. The van der Waals surface area contributed by atoms with Crippen LogP contribution in [0.25, 0.3) is 110 Å². The number of rotatable bonds is 12. The predicted molar refractivity (Wildman–Crippen MR) is 593 cm³/mol. The Hall–Kier alpha value is -10.8. The van der Waals surface area contributed by atoms with Gasteiger partial charge in [-0.05, 0) is 325 Å². The van der Waals surface area contributed by atoms with E-state index in [0.717, 1.165) is 77.1 Å². The average Bonchev–Trinajstić information content (AvgIpc) is 1.06. The van der Waals surface area contributed by atoms with Crippen molar-refractivity contribution in [2.45, 2.75) is 343 Å². The molecule has 5 nitrogen and oxygen atoms in total. The van der Waals surface area contributed by atoms with Gasteiger partial charge in [0.15, 0.2) is 28.9 Å². The fourth-order valence-corrected chi connectivity index (χ4v) is 20.8. The van der Waals surface area contributed by atoms with E-state index < -0.39 is 0 Å². The monoisotopic (exact) mass is 1830 g/mol. The van der Waals surface area contributed by atoms with Crippen LogP contribution < -0.4 is 22.8 Å². The Labute approximate surface area is 837 Å². The average molecular weight is 1830 g/mol. The van der Waals surface area contributed by atoms with Crippen molar-refractivity contribution in [3.05, 3.63) is 323 Å². The van der Waals surface area contributed by atoms with Gasteiger partial charge in [0.1, 0.15) is 36.6 Å². The lowest BCUT2D eigenvalue weighted by atomic mass is 9.76. The zero-order valence-corrected chi connectivity index (χ0v) is 91.5. The Morgan fingerprint density at radius 1 is 0.270 bits per heavy atom. The highest BCUT2D eigenvalue weighted by atomic mass is 15.0. The number of fused-ring (bicyclic) bond motifs is 5. The molecule has 0 saturated heterocycles. The molecular formula is C132H170N5+5. The normalized spacial score (nSPS) is 14.1. The van der Waals surface area contributed by atoms with Crippen LogP contribution >= 0.6 is 0 Å². The summed E-state index contributed by atoms with van der Waals surface area (Å²) in [5, 5.41) is 10.9. The molecule has 2 fully saturated rings. The van der Waals surface area contributed by atoms with E-state index in [2.05, 4.69) is 439 Å². The van der Waals surface area contributed by atoms with E-state index in [1.807, 2.05) is 11.6 Å². The molecule has 2 aliphatic rings. The van der Waals surface area contributed by atoms with Crippen LogP contribution in [0.4, 0.5) is 0 Å². The molecule has 0 aliphatic heterocycles. The molecule has 0 unspecified atom stereocenters. The third-order valence-electron chi connectivity index (χ3n) is 30.7. The van der Waals surface area contributed by atoms with E-state index in [1.54, 1.807) is 0 Å². The lowest BCUT2D eigenvalue weighted by Crippen LogP contribution is -2.35. The van der Waals surface area contributed by atoms with Gasteiger partial charge in [0.25, 0.3) is 0 Å². The van der Waals surface area contributed by atoms with Crippen LogP contribution in [0.15, 0.2) is 200 Å². The maximum atomic E-state index is 8.78. The van der Waals surface area contributed by atoms with E-state index in [4.69, 9.17) is 8.22 Å². The molecule has 2 aliphatic carbocycles. The summed E-state index contributed by atoms with van der Waals surface area (Å²) in [5.41, 5.74) is 40.5. The van der Waals surface area contributed by atoms with Gasteiger partial charge in [0.05, 0.1) is 56.0 Å². The summed E-state index contributed by atoms with van der Waals surface area (Å²) in [4.78, 5) is 0. The minimum absolute atomic E-state index is 0.0123. The van der Waals surface area contributed by atoms with Gasteiger partial charge in [-0.25, -0.2) is 4.57 Å². The van der Waals surface area contributed by atoms with Crippen molar-refractivity contribution in [2.24, 2.45) is 35.2 Å². The molecular weight excluding hydrogens is 1660 g/mol. The highest BCUT2D eigenvalue weighted by Gasteiger charge is 2.33. The number of pyridine rings is 5. The van der Waals surface area contributed by atoms with Crippen molar-refractivity contribution in [1.29, 1.82) is 0 Å². The third kappa shape index (κ3) is 22.4. The maximum Gasteiger partial charge on any atom is 0.220 e. The number of aryl methyl sites for hydroxylation is 4. The number of nitrogens with zero attached hydrogens (tertiary/aromatic N) is 5. The first-order valence-electron chi connectivity index (χ1n) is 54.5. The van der Waals surface area contributed by atoms with E-state index in [-0.39, 0.29) is 27.8 Å². The molecule has 5 heteroatoms. The van der Waals surface area contributed by atoms with Gasteiger partial charge in [-0.3, -0.25) is 0 Å². The Balaban J connectivity index is 0.000000150. The van der Waals surface area contributed by atoms with Crippen molar-refractivity contribution < 1.29 is 31.1 Å². The van der Waals surface area contributed by atoms with Gasteiger partial charge in [-0.15, -0.1) is 0 Å².